The van der Waals surface area contributed by atoms with Gasteiger partial charge in [0.1, 0.15) is 0 Å². The second-order valence-electron chi connectivity index (χ2n) is 3.81. The molecule has 1 aliphatic rings. The molecule has 1 aromatic carbocycles. The third kappa shape index (κ3) is 2.53. The van der Waals surface area contributed by atoms with Gasteiger partial charge in [0.2, 0.25) is 5.91 Å². The SMILES string of the molecule is O=C(O)c1ccccc1CN1C(=O)CCSC1=O. The summed E-state index contributed by atoms with van der Waals surface area (Å²) in [5.41, 5.74) is 0.586. The van der Waals surface area contributed by atoms with Gasteiger partial charge >= 0.3 is 5.97 Å². The number of aromatic carboxylic acids is 1. The van der Waals surface area contributed by atoms with Crippen LogP contribution in [0.3, 0.4) is 0 Å². The summed E-state index contributed by atoms with van der Waals surface area (Å²) < 4.78 is 0. The molecule has 6 heteroatoms. The first-order chi connectivity index (χ1) is 8.59. The maximum Gasteiger partial charge on any atom is 0.336 e. The van der Waals surface area contributed by atoms with Gasteiger partial charge in [0.05, 0.1) is 12.1 Å². The predicted octanol–water partition coefficient (Wildman–Crippen LogP) is 1.97. The van der Waals surface area contributed by atoms with Crippen molar-refractivity contribution in [1.82, 2.24) is 4.90 Å². The second kappa shape index (κ2) is 5.22. The molecule has 0 unspecified atom stereocenters. The van der Waals surface area contributed by atoms with Crippen molar-refractivity contribution in [1.29, 1.82) is 0 Å². The van der Waals surface area contributed by atoms with Gasteiger partial charge in [0.15, 0.2) is 0 Å². The zero-order chi connectivity index (χ0) is 13.1. The van der Waals surface area contributed by atoms with Crippen molar-refractivity contribution in [2.24, 2.45) is 0 Å². The molecule has 5 nitrogen and oxygen atoms in total. The van der Waals surface area contributed by atoms with Gasteiger partial charge in [-0.3, -0.25) is 14.5 Å². The number of carbonyl (C=O) groups excluding carboxylic acids is 2. The van der Waals surface area contributed by atoms with Crippen LogP contribution in [0.5, 0.6) is 0 Å². The lowest BCUT2D eigenvalue weighted by Crippen LogP contribution is -2.37. The summed E-state index contributed by atoms with van der Waals surface area (Å²) in [4.78, 5) is 35.4. The number of rotatable bonds is 3. The Kier molecular flexibility index (Phi) is 3.66. The van der Waals surface area contributed by atoms with Crippen LogP contribution in [0, 0.1) is 0 Å². The second-order valence-corrected chi connectivity index (χ2v) is 4.85. The third-order valence-electron chi connectivity index (χ3n) is 2.64. The first-order valence-electron chi connectivity index (χ1n) is 5.38. The van der Waals surface area contributed by atoms with Crippen molar-refractivity contribution in [2.75, 3.05) is 5.75 Å². The Bertz CT molecular complexity index is 499. The van der Waals surface area contributed by atoms with E-state index in [9.17, 15) is 14.4 Å². The van der Waals surface area contributed by atoms with E-state index < -0.39 is 5.97 Å². The Hall–Kier alpha value is -1.82. The number of carboxylic acids is 1. The van der Waals surface area contributed by atoms with Crippen LogP contribution >= 0.6 is 11.8 Å². The summed E-state index contributed by atoms with van der Waals surface area (Å²) in [6, 6.07) is 6.38. The molecule has 1 fully saturated rings. The minimum Gasteiger partial charge on any atom is -0.478 e. The van der Waals surface area contributed by atoms with E-state index in [2.05, 4.69) is 0 Å². The van der Waals surface area contributed by atoms with Crippen LogP contribution in [0.1, 0.15) is 22.3 Å². The number of hydrogen-bond donors (Lipinski definition) is 1. The number of nitrogens with zero attached hydrogens (tertiary/aromatic N) is 1. The molecule has 2 rings (SSSR count). The molecule has 0 atom stereocenters. The van der Waals surface area contributed by atoms with Gasteiger partial charge < -0.3 is 5.11 Å². The smallest absolute Gasteiger partial charge is 0.336 e. The molecule has 0 spiro atoms. The molecule has 1 aliphatic heterocycles. The van der Waals surface area contributed by atoms with Gasteiger partial charge in [-0.25, -0.2) is 4.79 Å². The maximum absolute atomic E-state index is 11.6. The molecular weight excluding hydrogens is 254 g/mol. The van der Waals surface area contributed by atoms with Crippen LogP contribution in [0.25, 0.3) is 0 Å². The molecule has 18 heavy (non-hydrogen) atoms. The Labute approximate surface area is 108 Å². The van der Waals surface area contributed by atoms with E-state index in [-0.39, 0.29) is 23.3 Å². The lowest BCUT2D eigenvalue weighted by atomic mass is 10.1. The highest BCUT2D eigenvalue weighted by Gasteiger charge is 2.27. The van der Waals surface area contributed by atoms with Crippen LogP contribution in [-0.4, -0.2) is 32.9 Å². The van der Waals surface area contributed by atoms with Gasteiger partial charge in [-0.2, -0.15) is 0 Å². The molecule has 1 N–H and O–H groups in total. The summed E-state index contributed by atoms with van der Waals surface area (Å²) in [6.45, 7) is 0.0210. The standard InChI is InChI=1S/C12H11NO4S/c14-10-5-6-18-12(17)13(10)7-8-3-1-2-4-9(8)11(15)16/h1-4H,5-7H2,(H,15,16). The Balaban J connectivity index is 2.25. The van der Waals surface area contributed by atoms with Crippen molar-refractivity contribution in [3.05, 3.63) is 35.4 Å². The molecule has 94 valence electrons. The van der Waals surface area contributed by atoms with E-state index in [0.29, 0.717) is 17.7 Å². The van der Waals surface area contributed by atoms with Crippen molar-refractivity contribution >= 4 is 28.9 Å². The number of amides is 2. The fraction of sp³-hybridized carbons (Fsp3) is 0.250. The molecular formula is C12H11NO4S. The van der Waals surface area contributed by atoms with E-state index in [1.165, 1.54) is 6.07 Å². The molecule has 2 amide bonds. The topological polar surface area (TPSA) is 74.7 Å². The van der Waals surface area contributed by atoms with Crippen molar-refractivity contribution in [2.45, 2.75) is 13.0 Å². The van der Waals surface area contributed by atoms with E-state index in [0.717, 1.165) is 16.7 Å². The van der Waals surface area contributed by atoms with E-state index in [1.54, 1.807) is 18.2 Å². The molecule has 0 aliphatic carbocycles. The fourth-order valence-corrected chi connectivity index (χ4v) is 2.50. The summed E-state index contributed by atoms with van der Waals surface area (Å²) in [5, 5.41) is 8.72. The fourth-order valence-electron chi connectivity index (χ4n) is 1.73. The highest BCUT2D eigenvalue weighted by molar-refractivity contribution is 8.13. The first kappa shape index (κ1) is 12.6. The number of hydrogen-bond acceptors (Lipinski definition) is 4. The number of carboxylic acid groups (broad SMARTS) is 1. The van der Waals surface area contributed by atoms with Crippen LogP contribution in [0.4, 0.5) is 4.79 Å². The van der Waals surface area contributed by atoms with Crippen LogP contribution in [0.15, 0.2) is 24.3 Å². The Morgan fingerprint density at radius 3 is 2.72 bits per heavy atom. The van der Waals surface area contributed by atoms with Gasteiger partial charge in [-0.15, -0.1) is 0 Å². The van der Waals surface area contributed by atoms with Crippen LogP contribution < -0.4 is 0 Å². The average Bonchev–Trinajstić information content (AvgIpc) is 2.34. The lowest BCUT2D eigenvalue weighted by molar-refractivity contribution is -0.128. The van der Waals surface area contributed by atoms with Gasteiger partial charge in [-0.05, 0) is 11.6 Å². The predicted molar refractivity (Wildman–Crippen MR) is 66.4 cm³/mol. The zero-order valence-corrected chi connectivity index (χ0v) is 10.3. The minimum absolute atomic E-state index is 0.0210. The van der Waals surface area contributed by atoms with E-state index in [1.807, 2.05) is 0 Å². The summed E-state index contributed by atoms with van der Waals surface area (Å²) in [6.07, 6.45) is 0.311. The minimum atomic E-state index is -1.06. The van der Waals surface area contributed by atoms with Gasteiger partial charge in [0.25, 0.3) is 5.24 Å². The number of carbonyl (C=O) groups is 3. The Morgan fingerprint density at radius 1 is 1.33 bits per heavy atom. The number of imide groups is 1. The monoisotopic (exact) mass is 265 g/mol. The zero-order valence-electron chi connectivity index (χ0n) is 9.46. The molecule has 0 saturated carbocycles. The largest absolute Gasteiger partial charge is 0.478 e. The quantitative estimate of drug-likeness (QED) is 0.904. The molecule has 0 aromatic heterocycles. The normalized spacial score (nSPS) is 15.9. The summed E-state index contributed by atoms with van der Waals surface area (Å²) >= 11 is 1.08. The van der Waals surface area contributed by atoms with Gasteiger partial charge in [-0.1, -0.05) is 30.0 Å². The summed E-state index contributed by atoms with van der Waals surface area (Å²) in [5.74, 6) is -0.816. The van der Waals surface area contributed by atoms with Crippen LogP contribution in [0.2, 0.25) is 0 Å². The van der Waals surface area contributed by atoms with E-state index >= 15 is 0 Å². The molecule has 1 saturated heterocycles. The van der Waals surface area contributed by atoms with E-state index in [4.69, 9.17) is 5.11 Å². The maximum atomic E-state index is 11.6. The van der Waals surface area contributed by atoms with Crippen molar-refractivity contribution in [3.8, 4) is 0 Å². The summed E-state index contributed by atoms with van der Waals surface area (Å²) in [7, 11) is 0. The third-order valence-corrected chi connectivity index (χ3v) is 3.51. The molecule has 1 aromatic rings. The van der Waals surface area contributed by atoms with Crippen molar-refractivity contribution in [3.63, 3.8) is 0 Å². The van der Waals surface area contributed by atoms with Crippen molar-refractivity contribution < 1.29 is 19.5 Å². The first-order valence-corrected chi connectivity index (χ1v) is 6.36. The van der Waals surface area contributed by atoms with Gasteiger partial charge in [0, 0.05) is 12.2 Å². The highest BCUT2D eigenvalue weighted by atomic mass is 32.2. The number of benzene rings is 1. The Morgan fingerprint density at radius 2 is 2.06 bits per heavy atom. The highest BCUT2D eigenvalue weighted by Crippen LogP contribution is 2.22. The number of thioether (sulfide) groups is 1. The molecule has 1 heterocycles. The molecule has 0 radical (unpaired) electrons. The lowest BCUT2D eigenvalue weighted by Gasteiger charge is -2.24. The average molecular weight is 265 g/mol. The van der Waals surface area contributed by atoms with Crippen LogP contribution in [-0.2, 0) is 11.3 Å². The molecule has 0 bridgehead atoms.